The monoisotopic (exact) mass is 477 g/mol. The Labute approximate surface area is 199 Å². The lowest BCUT2D eigenvalue weighted by atomic mass is 10.0. The summed E-state index contributed by atoms with van der Waals surface area (Å²) in [5.74, 6) is 1.99. The van der Waals surface area contributed by atoms with Crippen LogP contribution in [-0.4, -0.2) is 28.0 Å². The number of anilines is 1. The van der Waals surface area contributed by atoms with Crippen LogP contribution in [0.4, 0.5) is 5.69 Å². The van der Waals surface area contributed by atoms with E-state index in [9.17, 15) is 9.59 Å². The fourth-order valence-corrected chi connectivity index (χ4v) is 4.48. The summed E-state index contributed by atoms with van der Waals surface area (Å²) in [6, 6.07) is 14.7. The molecule has 34 heavy (non-hydrogen) atoms. The number of aromatic nitrogens is 2. The predicted octanol–water partition coefficient (Wildman–Crippen LogP) is 4.62. The molecule has 4 aromatic rings. The number of nitrogens with one attached hydrogen (secondary N) is 1. The number of benzene rings is 2. The van der Waals surface area contributed by atoms with Crippen molar-refractivity contribution in [3.63, 3.8) is 0 Å². The molecule has 5 rings (SSSR count). The zero-order valence-corrected chi connectivity index (χ0v) is 19.6. The number of thioether (sulfide) groups is 1. The van der Waals surface area contributed by atoms with Crippen molar-refractivity contribution in [2.45, 2.75) is 31.5 Å². The van der Waals surface area contributed by atoms with Crippen molar-refractivity contribution < 1.29 is 18.7 Å². The number of hydrogen-bond donors (Lipinski definition) is 1. The number of rotatable bonds is 7. The lowest BCUT2D eigenvalue weighted by Gasteiger charge is -2.13. The molecule has 0 bridgehead atoms. The van der Waals surface area contributed by atoms with Crippen LogP contribution in [0, 0.1) is 0 Å². The standard InChI is InChI=1S/C25H23N3O5S/c1-15(2)16-5-7-17(8-6-16)26-23(29)13-34-25-27-20-11-22-21(32-14-33-22)10-19(20)24(30)28(25)12-18-4-3-9-31-18/h3-11,15H,12-14H2,1-2H3,(H,26,29). The van der Waals surface area contributed by atoms with E-state index in [1.807, 2.05) is 24.3 Å². The average Bonchev–Trinajstić information content (AvgIpc) is 3.50. The maximum Gasteiger partial charge on any atom is 0.262 e. The van der Waals surface area contributed by atoms with E-state index in [1.54, 1.807) is 30.5 Å². The third-order valence-corrected chi connectivity index (χ3v) is 6.48. The molecule has 3 heterocycles. The van der Waals surface area contributed by atoms with Gasteiger partial charge in [-0.15, -0.1) is 0 Å². The van der Waals surface area contributed by atoms with E-state index in [0.717, 1.165) is 5.69 Å². The summed E-state index contributed by atoms with van der Waals surface area (Å²) in [6.45, 7) is 4.54. The average molecular weight is 478 g/mol. The van der Waals surface area contributed by atoms with Crippen molar-refractivity contribution in [2.24, 2.45) is 0 Å². The first-order chi connectivity index (χ1) is 16.5. The van der Waals surface area contributed by atoms with Crippen LogP contribution in [0.3, 0.4) is 0 Å². The van der Waals surface area contributed by atoms with Gasteiger partial charge in [-0.05, 0) is 41.8 Å². The Hall–Kier alpha value is -3.72. The van der Waals surface area contributed by atoms with Gasteiger partial charge in [0.05, 0.1) is 29.5 Å². The summed E-state index contributed by atoms with van der Waals surface area (Å²) >= 11 is 1.19. The first-order valence-corrected chi connectivity index (χ1v) is 11.9. The molecule has 174 valence electrons. The van der Waals surface area contributed by atoms with Crippen molar-refractivity contribution in [3.8, 4) is 11.5 Å². The van der Waals surface area contributed by atoms with E-state index in [2.05, 4.69) is 24.1 Å². The Balaban J connectivity index is 1.41. The molecule has 0 atom stereocenters. The summed E-state index contributed by atoms with van der Waals surface area (Å²) in [6.07, 6.45) is 1.55. The van der Waals surface area contributed by atoms with Gasteiger partial charge in [0.15, 0.2) is 16.7 Å². The minimum Gasteiger partial charge on any atom is -0.467 e. The van der Waals surface area contributed by atoms with Gasteiger partial charge < -0.3 is 19.2 Å². The van der Waals surface area contributed by atoms with Gasteiger partial charge in [0.2, 0.25) is 12.7 Å². The van der Waals surface area contributed by atoms with Gasteiger partial charge in [0, 0.05) is 11.8 Å². The van der Waals surface area contributed by atoms with Gasteiger partial charge >= 0.3 is 0 Å². The highest BCUT2D eigenvalue weighted by molar-refractivity contribution is 7.99. The fraction of sp³-hybridized carbons (Fsp3) is 0.240. The Bertz CT molecular complexity index is 1400. The number of furan rings is 1. The Kier molecular flexibility index (Phi) is 6.02. The largest absolute Gasteiger partial charge is 0.467 e. The minimum absolute atomic E-state index is 0.0899. The quantitative estimate of drug-likeness (QED) is 0.306. The van der Waals surface area contributed by atoms with Crippen molar-refractivity contribution in [2.75, 3.05) is 17.9 Å². The molecule has 2 aromatic carbocycles. The van der Waals surface area contributed by atoms with Crippen LogP contribution in [0.2, 0.25) is 0 Å². The zero-order chi connectivity index (χ0) is 23.7. The maximum atomic E-state index is 13.4. The first-order valence-electron chi connectivity index (χ1n) is 10.9. The maximum absolute atomic E-state index is 13.4. The summed E-state index contributed by atoms with van der Waals surface area (Å²) in [7, 11) is 0. The molecule has 0 spiro atoms. The third-order valence-electron chi connectivity index (χ3n) is 5.50. The topological polar surface area (TPSA) is 95.6 Å². The van der Waals surface area contributed by atoms with Crippen LogP contribution in [0.1, 0.15) is 31.1 Å². The van der Waals surface area contributed by atoms with Crippen molar-refractivity contribution in [1.82, 2.24) is 9.55 Å². The Morgan fingerprint density at radius 1 is 1.15 bits per heavy atom. The molecule has 0 aliphatic carbocycles. The normalized spacial score (nSPS) is 12.4. The van der Waals surface area contributed by atoms with Gasteiger partial charge in [-0.25, -0.2) is 4.98 Å². The van der Waals surface area contributed by atoms with Crippen LogP contribution >= 0.6 is 11.8 Å². The third kappa shape index (κ3) is 4.51. The second-order valence-corrected chi connectivity index (χ2v) is 9.14. The van der Waals surface area contributed by atoms with E-state index in [1.165, 1.54) is 21.9 Å². The SMILES string of the molecule is CC(C)c1ccc(NC(=O)CSc2nc3cc4c(cc3c(=O)n2Cc2ccco2)OCO4)cc1. The molecule has 1 N–H and O–H groups in total. The number of ether oxygens (including phenoxy) is 2. The van der Waals surface area contributed by atoms with Gasteiger partial charge in [-0.1, -0.05) is 37.7 Å². The van der Waals surface area contributed by atoms with Crippen molar-refractivity contribution in [1.29, 1.82) is 0 Å². The molecule has 1 aliphatic rings. The van der Waals surface area contributed by atoms with Gasteiger partial charge in [-0.3, -0.25) is 14.2 Å². The first kappa shape index (κ1) is 22.1. The second-order valence-electron chi connectivity index (χ2n) is 8.20. The Morgan fingerprint density at radius 3 is 2.62 bits per heavy atom. The van der Waals surface area contributed by atoms with Crippen LogP contribution in [0.5, 0.6) is 11.5 Å². The number of hydrogen-bond acceptors (Lipinski definition) is 7. The predicted molar refractivity (Wildman–Crippen MR) is 130 cm³/mol. The number of nitrogens with zero attached hydrogens (tertiary/aromatic N) is 2. The van der Waals surface area contributed by atoms with Gasteiger partial charge in [-0.2, -0.15) is 0 Å². The van der Waals surface area contributed by atoms with E-state index >= 15 is 0 Å². The molecule has 2 aromatic heterocycles. The number of carbonyl (C=O) groups is 1. The smallest absolute Gasteiger partial charge is 0.262 e. The highest BCUT2D eigenvalue weighted by Gasteiger charge is 2.20. The highest BCUT2D eigenvalue weighted by atomic mass is 32.2. The molecule has 1 amide bonds. The minimum atomic E-state index is -0.244. The molecular formula is C25H23N3O5S. The molecule has 8 nitrogen and oxygen atoms in total. The summed E-state index contributed by atoms with van der Waals surface area (Å²) in [5.41, 5.74) is 2.17. The molecule has 0 saturated heterocycles. The number of carbonyl (C=O) groups excluding carboxylic acids is 1. The van der Waals surface area contributed by atoms with E-state index in [0.29, 0.717) is 39.2 Å². The van der Waals surface area contributed by atoms with E-state index < -0.39 is 0 Å². The molecular weight excluding hydrogens is 454 g/mol. The van der Waals surface area contributed by atoms with Crippen LogP contribution in [-0.2, 0) is 11.3 Å². The number of fused-ring (bicyclic) bond motifs is 2. The van der Waals surface area contributed by atoms with Crippen molar-refractivity contribution in [3.05, 3.63) is 76.5 Å². The molecule has 0 radical (unpaired) electrons. The zero-order valence-electron chi connectivity index (χ0n) is 18.7. The Morgan fingerprint density at radius 2 is 1.91 bits per heavy atom. The second kappa shape index (κ2) is 9.26. The summed E-state index contributed by atoms with van der Waals surface area (Å²) in [5, 5.41) is 3.73. The van der Waals surface area contributed by atoms with E-state index in [4.69, 9.17) is 13.9 Å². The molecule has 9 heteroatoms. The summed E-state index contributed by atoms with van der Waals surface area (Å²) in [4.78, 5) is 30.7. The van der Waals surface area contributed by atoms with Crippen LogP contribution in [0.25, 0.3) is 10.9 Å². The van der Waals surface area contributed by atoms with Gasteiger partial charge in [0.1, 0.15) is 5.76 Å². The van der Waals surface area contributed by atoms with Crippen LogP contribution < -0.4 is 20.3 Å². The lowest BCUT2D eigenvalue weighted by Crippen LogP contribution is -2.24. The summed E-state index contributed by atoms with van der Waals surface area (Å²) < 4.78 is 17.8. The highest BCUT2D eigenvalue weighted by Crippen LogP contribution is 2.35. The fourth-order valence-electron chi connectivity index (χ4n) is 3.68. The van der Waals surface area contributed by atoms with Crippen LogP contribution in [0.15, 0.2) is 69.2 Å². The molecule has 0 fully saturated rings. The lowest BCUT2D eigenvalue weighted by molar-refractivity contribution is -0.113. The number of amides is 1. The van der Waals surface area contributed by atoms with Crippen molar-refractivity contribution >= 4 is 34.3 Å². The molecule has 0 unspecified atom stereocenters. The van der Waals surface area contributed by atoms with E-state index in [-0.39, 0.29) is 30.6 Å². The van der Waals surface area contributed by atoms with Gasteiger partial charge in [0.25, 0.3) is 5.56 Å². The molecule has 0 saturated carbocycles. The molecule has 1 aliphatic heterocycles.